The molecule has 10 heteroatoms. The smallest absolute Gasteiger partial charge is 0.270 e. The molecule has 0 atom stereocenters. The zero-order chi connectivity index (χ0) is 21.0. The first-order valence-electron chi connectivity index (χ1n) is 9.28. The molecule has 0 fully saturated rings. The van der Waals surface area contributed by atoms with E-state index < -0.39 is 10.8 Å². The van der Waals surface area contributed by atoms with Crippen LogP contribution in [-0.4, -0.2) is 46.9 Å². The van der Waals surface area contributed by atoms with Crippen LogP contribution in [0, 0.1) is 10.1 Å². The lowest BCUT2D eigenvalue weighted by Gasteiger charge is -2.25. The van der Waals surface area contributed by atoms with Gasteiger partial charge in [0.2, 0.25) is 0 Å². The molecule has 1 aromatic heterocycles. The Morgan fingerprint density at radius 2 is 1.87 bits per heavy atom. The summed E-state index contributed by atoms with van der Waals surface area (Å²) in [6, 6.07) is 11.6. The van der Waals surface area contributed by atoms with Crippen molar-refractivity contribution < 1.29 is 9.72 Å². The maximum atomic E-state index is 13.4. The molecule has 0 aliphatic carbocycles. The summed E-state index contributed by atoms with van der Waals surface area (Å²) in [7, 11) is 0. The quantitative estimate of drug-likeness (QED) is 0.332. The van der Waals surface area contributed by atoms with Crippen molar-refractivity contribution in [1.82, 2.24) is 9.88 Å². The normalized spacial score (nSPS) is 10.8. The molecule has 0 saturated heterocycles. The number of non-ortho nitro benzene ring substituents is 1. The van der Waals surface area contributed by atoms with E-state index in [9.17, 15) is 14.9 Å². The molecule has 0 N–H and O–H groups in total. The average Bonchev–Trinajstić information content (AvgIpc) is 3.14. The molecule has 2 aromatic carbocycles. The molecule has 1 heterocycles. The van der Waals surface area contributed by atoms with Crippen LogP contribution in [0.25, 0.3) is 10.2 Å². The highest BCUT2D eigenvalue weighted by Crippen LogP contribution is 2.31. The molecule has 3 rings (SSSR count). The van der Waals surface area contributed by atoms with Gasteiger partial charge in [0.15, 0.2) is 5.13 Å². The summed E-state index contributed by atoms with van der Waals surface area (Å²) in [5.74, 6) is -0.398. The largest absolute Gasteiger partial charge is 0.302 e. The number of anilines is 1. The fourth-order valence-corrected chi connectivity index (χ4v) is 4.17. The number of carbonyl (C=O) groups excluding carboxylic acids is 1. The van der Waals surface area contributed by atoms with Crippen molar-refractivity contribution in [3.05, 3.63) is 63.2 Å². The minimum atomic E-state index is -0.537. The number of fused-ring (bicyclic) bond motifs is 1. The highest BCUT2D eigenvalue weighted by Gasteiger charge is 2.25. The predicted molar refractivity (Wildman–Crippen MR) is 124 cm³/mol. The Labute approximate surface area is 189 Å². The van der Waals surface area contributed by atoms with Crippen LogP contribution in [0.4, 0.5) is 10.8 Å². The van der Waals surface area contributed by atoms with Crippen molar-refractivity contribution in [3.63, 3.8) is 0 Å². The Morgan fingerprint density at radius 1 is 1.17 bits per heavy atom. The summed E-state index contributed by atoms with van der Waals surface area (Å²) in [6.07, 6.45) is 0. The Morgan fingerprint density at radius 3 is 2.50 bits per heavy atom. The van der Waals surface area contributed by atoms with E-state index in [0.29, 0.717) is 18.2 Å². The second-order valence-corrected chi connectivity index (χ2v) is 7.79. The number of thiazole rings is 1. The number of likely N-dealkylation sites (N-methyl/N-ethyl adjacent to an activating group) is 1. The maximum Gasteiger partial charge on any atom is 0.270 e. The number of aromatic nitrogens is 1. The highest BCUT2D eigenvalue weighted by atomic mass is 35.5. The molecule has 160 valence electrons. The van der Waals surface area contributed by atoms with Gasteiger partial charge >= 0.3 is 0 Å². The minimum absolute atomic E-state index is 0. The zero-order valence-corrected chi connectivity index (χ0v) is 19.0. The van der Waals surface area contributed by atoms with Crippen LogP contribution in [0.1, 0.15) is 24.2 Å². The van der Waals surface area contributed by atoms with Gasteiger partial charge in [-0.3, -0.25) is 19.8 Å². The number of nitro groups is 1. The lowest BCUT2D eigenvalue weighted by Crippen LogP contribution is -2.39. The van der Waals surface area contributed by atoms with Crippen LogP contribution in [0.15, 0.2) is 42.5 Å². The van der Waals surface area contributed by atoms with Crippen molar-refractivity contribution in [2.24, 2.45) is 0 Å². The zero-order valence-electron chi connectivity index (χ0n) is 16.6. The number of hydrogen-bond acceptors (Lipinski definition) is 6. The number of hydrogen-bond donors (Lipinski definition) is 0. The Kier molecular flexibility index (Phi) is 8.54. The molecular formula is C20H22Cl2N4O3S. The molecule has 0 bridgehead atoms. The SMILES string of the molecule is CCN(CC)CCN(C(=O)c1cc([N+](=O)[O-])ccc1Cl)c1nc2ccccc2s1.Cl. The van der Waals surface area contributed by atoms with Gasteiger partial charge in [-0.25, -0.2) is 4.98 Å². The minimum Gasteiger partial charge on any atom is -0.302 e. The Bertz CT molecular complexity index is 1010. The first-order chi connectivity index (χ1) is 13.9. The summed E-state index contributed by atoms with van der Waals surface area (Å²) in [6.45, 7) is 6.89. The molecule has 0 unspecified atom stereocenters. The van der Waals surface area contributed by atoms with Gasteiger partial charge in [0.1, 0.15) is 0 Å². The maximum absolute atomic E-state index is 13.4. The third kappa shape index (κ3) is 5.26. The summed E-state index contributed by atoms with van der Waals surface area (Å²) >= 11 is 7.64. The van der Waals surface area contributed by atoms with E-state index >= 15 is 0 Å². The van der Waals surface area contributed by atoms with Crippen molar-refractivity contribution in [1.29, 1.82) is 0 Å². The number of nitro benzene ring substituents is 1. The van der Waals surface area contributed by atoms with E-state index in [0.717, 1.165) is 23.3 Å². The number of rotatable bonds is 8. The van der Waals surface area contributed by atoms with Gasteiger partial charge < -0.3 is 4.90 Å². The lowest BCUT2D eigenvalue weighted by atomic mass is 10.1. The third-order valence-corrected chi connectivity index (χ3v) is 6.07. The van der Waals surface area contributed by atoms with Gasteiger partial charge in [0, 0.05) is 25.2 Å². The number of amides is 1. The topological polar surface area (TPSA) is 79.6 Å². The van der Waals surface area contributed by atoms with Crippen LogP contribution in [0.2, 0.25) is 5.02 Å². The van der Waals surface area contributed by atoms with E-state index in [1.54, 1.807) is 4.90 Å². The Balaban J connectivity index is 0.00000320. The second kappa shape index (κ2) is 10.7. The molecule has 0 saturated carbocycles. The van der Waals surface area contributed by atoms with Gasteiger partial charge in [0.25, 0.3) is 11.6 Å². The van der Waals surface area contributed by atoms with Crippen molar-refractivity contribution in [2.75, 3.05) is 31.1 Å². The molecule has 30 heavy (non-hydrogen) atoms. The predicted octanol–water partition coefficient (Wildman–Crippen LogP) is 5.27. The summed E-state index contributed by atoms with van der Waals surface area (Å²) < 4.78 is 0.966. The average molecular weight is 469 g/mol. The van der Waals surface area contributed by atoms with Gasteiger partial charge in [-0.05, 0) is 31.3 Å². The molecule has 0 spiro atoms. The van der Waals surface area contributed by atoms with Crippen LogP contribution >= 0.6 is 35.3 Å². The van der Waals surface area contributed by atoms with E-state index in [1.807, 2.05) is 24.3 Å². The third-order valence-electron chi connectivity index (χ3n) is 4.68. The monoisotopic (exact) mass is 468 g/mol. The molecule has 7 nitrogen and oxygen atoms in total. The Hall–Kier alpha value is -2.26. The fraction of sp³-hybridized carbons (Fsp3) is 0.300. The van der Waals surface area contributed by atoms with E-state index in [1.165, 1.54) is 29.5 Å². The van der Waals surface area contributed by atoms with Gasteiger partial charge in [0.05, 0.1) is 25.7 Å². The van der Waals surface area contributed by atoms with Crippen molar-refractivity contribution in [2.45, 2.75) is 13.8 Å². The van der Waals surface area contributed by atoms with Crippen LogP contribution in [0.3, 0.4) is 0 Å². The van der Waals surface area contributed by atoms with Crippen molar-refractivity contribution in [3.8, 4) is 0 Å². The number of halogens is 2. The molecule has 0 radical (unpaired) electrons. The molecular weight excluding hydrogens is 447 g/mol. The van der Waals surface area contributed by atoms with Gasteiger partial charge in [-0.15, -0.1) is 12.4 Å². The van der Waals surface area contributed by atoms with Gasteiger partial charge in [-0.2, -0.15) is 0 Å². The van der Waals surface area contributed by atoms with E-state index in [4.69, 9.17) is 11.6 Å². The molecule has 1 amide bonds. The first-order valence-corrected chi connectivity index (χ1v) is 10.5. The van der Waals surface area contributed by atoms with Crippen LogP contribution in [0.5, 0.6) is 0 Å². The molecule has 0 aliphatic heterocycles. The van der Waals surface area contributed by atoms with Gasteiger partial charge in [-0.1, -0.05) is 48.9 Å². The standard InChI is InChI=1S/C20H21ClN4O3S.ClH/c1-3-23(4-2)11-12-24(20-22-17-7-5-6-8-18(17)29-20)19(26)15-13-14(25(27)28)9-10-16(15)21;/h5-10,13H,3-4,11-12H2,1-2H3;1H. The number of nitrogens with zero attached hydrogens (tertiary/aromatic N) is 4. The number of benzene rings is 2. The van der Waals surface area contributed by atoms with E-state index in [2.05, 4.69) is 23.7 Å². The summed E-state index contributed by atoms with van der Waals surface area (Å²) in [5, 5.41) is 11.9. The highest BCUT2D eigenvalue weighted by molar-refractivity contribution is 7.22. The summed E-state index contributed by atoms with van der Waals surface area (Å²) in [5.41, 5.74) is 0.726. The van der Waals surface area contributed by atoms with E-state index in [-0.39, 0.29) is 28.7 Å². The molecule has 0 aliphatic rings. The van der Waals surface area contributed by atoms with Crippen LogP contribution in [-0.2, 0) is 0 Å². The lowest BCUT2D eigenvalue weighted by molar-refractivity contribution is -0.384. The molecule has 3 aromatic rings. The van der Waals surface area contributed by atoms with Crippen molar-refractivity contribution >= 4 is 62.3 Å². The number of para-hydroxylation sites is 1. The van der Waals surface area contributed by atoms with Crippen LogP contribution < -0.4 is 4.90 Å². The fourth-order valence-electron chi connectivity index (χ4n) is 2.98. The number of carbonyl (C=O) groups is 1. The summed E-state index contributed by atoms with van der Waals surface area (Å²) in [4.78, 5) is 32.4. The first kappa shape index (κ1) is 24.0. The second-order valence-electron chi connectivity index (χ2n) is 6.37.